The summed E-state index contributed by atoms with van der Waals surface area (Å²) in [6, 6.07) is 4.06. The SMILES string of the molecule is N#Cc1csc(C23CN(c4ncc(F)cn4)C[C@H]2CSC(N)=N3)c1. The summed E-state index contributed by atoms with van der Waals surface area (Å²) in [5.41, 5.74) is 6.15. The van der Waals surface area contributed by atoms with E-state index < -0.39 is 11.4 Å². The van der Waals surface area contributed by atoms with Crippen LogP contribution in [0.15, 0.2) is 28.8 Å². The Morgan fingerprint density at radius 3 is 2.92 bits per heavy atom. The number of rotatable bonds is 2. The summed E-state index contributed by atoms with van der Waals surface area (Å²) in [5, 5.41) is 11.5. The predicted molar refractivity (Wildman–Crippen MR) is 92.5 cm³/mol. The largest absolute Gasteiger partial charge is 0.379 e. The van der Waals surface area contributed by atoms with Crippen LogP contribution in [-0.2, 0) is 5.54 Å². The zero-order chi connectivity index (χ0) is 16.7. The van der Waals surface area contributed by atoms with Gasteiger partial charge in [-0.2, -0.15) is 5.26 Å². The smallest absolute Gasteiger partial charge is 0.225 e. The molecule has 0 saturated carbocycles. The molecule has 0 spiro atoms. The number of fused-ring (bicyclic) bond motifs is 1. The van der Waals surface area contributed by atoms with Crippen molar-refractivity contribution in [2.24, 2.45) is 16.6 Å². The third-order valence-corrected chi connectivity index (χ3v) is 6.39. The predicted octanol–water partition coefficient (Wildman–Crippen LogP) is 1.94. The lowest BCUT2D eigenvalue weighted by atomic mass is 9.87. The maximum absolute atomic E-state index is 13.1. The quantitative estimate of drug-likeness (QED) is 0.880. The Morgan fingerprint density at radius 2 is 2.21 bits per heavy atom. The molecule has 0 bridgehead atoms. The molecule has 4 heterocycles. The van der Waals surface area contributed by atoms with E-state index in [0.29, 0.717) is 23.2 Å². The van der Waals surface area contributed by atoms with Crippen molar-refractivity contribution in [1.29, 1.82) is 5.26 Å². The summed E-state index contributed by atoms with van der Waals surface area (Å²) in [6.07, 6.45) is 2.34. The van der Waals surface area contributed by atoms with Crippen molar-refractivity contribution in [2.45, 2.75) is 5.54 Å². The van der Waals surface area contributed by atoms with Gasteiger partial charge < -0.3 is 10.6 Å². The summed E-state index contributed by atoms with van der Waals surface area (Å²) in [4.78, 5) is 16.0. The molecule has 6 nitrogen and oxygen atoms in total. The number of aromatic nitrogens is 2. The molecule has 0 radical (unpaired) electrons. The second-order valence-electron chi connectivity index (χ2n) is 5.78. The summed E-state index contributed by atoms with van der Waals surface area (Å²) in [6.45, 7) is 1.28. The number of halogens is 1. The van der Waals surface area contributed by atoms with E-state index in [1.807, 2.05) is 16.3 Å². The second-order valence-corrected chi connectivity index (χ2v) is 7.73. The number of hydrogen-bond donors (Lipinski definition) is 1. The minimum atomic E-state index is -0.493. The van der Waals surface area contributed by atoms with E-state index in [4.69, 9.17) is 16.0 Å². The highest BCUT2D eigenvalue weighted by Gasteiger charge is 2.51. The van der Waals surface area contributed by atoms with Gasteiger partial charge in [-0.05, 0) is 6.07 Å². The zero-order valence-electron chi connectivity index (χ0n) is 12.5. The Morgan fingerprint density at radius 1 is 1.42 bits per heavy atom. The normalized spacial score (nSPS) is 25.9. The Kier molecular flexibility index (Phi) is 3.66. The van der Waals surface area contributed by atoms with Crippen molar-refractivity contribution in [2.75, 3.05) is 23.7 Å². The van der Waals surface area contributed by atoms with Crippen molar-refractivity contribution < 1.29 is 4.39 Å². The monoisotopic (exact) mass is 360 g/mol. The number of nitrogens with two attached hydrogens (primary N) is 1. The first-order valence-corrected chi connectivity index (χ1v) is 9.17. The molecule has 1 saturated heterocycles. The number of nitriles is 1. The van der Waals surface area contributed by atoms with E-state index in [2.05, 4.69) is 16.0 Å². The molecule has 0 aliphatic carbocycles. The van der Waals surface area contributed by atoms with Gasteiger partial charge in [0.25, 0.3) is 0 Å². The van der Waals surface area contributed by atoms with Gasteiger partial charge in [-0.3, -0.25) is 0 Å². The summed E-state index contributed by atoms with van der Waals surface area (Å²) < 4.78 is 13.1. The number of hydrogen-bond acceptors (Lipinski definition) is 8. The van der Waals surface area contributed by atoms with Crippen molar-refractivity contribution in [1.82, 2.24) is 9.97 Å². The van der Waals surface area contributed by atoms with Crippen LogP contribution in [0, 0.1) is 23.1 Å². The van der Waals surface area contributed by atoms with Crippen LogP contribution in [0.2, 0.25) is 0 Å². The average molecular weight is 360 g/mol. The van der Waals surface area contributed by atoms with Crippen LogP contribution in [-0.4, -0.2) is 34.0 Å². The first kappa shape index (κ1) is 15.4. The molecule has 2 atom stereocenters. The van der Waals surface area contributed by atoms with Crippen molar-refractivity contribution in [3.8, 4) is 6.07 Å². The lowest BCUT2D eigenvalue weighted by Crippen LogP contribution is -2.39. The van der Waals surface area contributed by atoms with Gasteiger partial charge in [-0.25, -0.2) is 19.4 Å². The highest BCUT2D eigenvalue weighted by molar-refractivity contribution is 8.13. The molecule has 122 valence electrons. The molecule has 2 aliphatic rings. The third-order valence-electron chi connectivity index (χ3n) is 4.33. The second kappa shape index (κ2) is 5.72. The first-order chi connectivity index (χ1) is 11.6. The molecule has 2 aliphatic heterocycles. The van der Waals surface area contributed by atoms with Crippen LogP contribution >= 0.6 is 23.1 Å². The highest BCUT2D eigenvalue weighted by atomic mass is 32.2. The standard InChI is InChI=1S/C15H13FN6S2/c16-11-3-19-14(20-4-11)22-5-10-7-24-13(18)21-15(10,8-22)12-1-9(2-17)6-23-12/h1,3-4,6,10H,5,7-8H2,(H2,18,21)/t10-,15?/m0/s1. The van der Waals surface area contributed by atoms with Gasteiger partial charge in [-0.1, -0.05) is 11.8 Å². The van der Waals surface area contributed by atoms with E-state index >= 15 is 0 Å². The molecule has 2 aromatic rings. The fourth-order valence-electron chi connectivity index (χ4n) is 3.21. The van der Waals surface area contributed by atoms with Crippen LogP contribution in [0.25, 0.3) is 0 Å². The summed E-state index contributed by atoms with van der Waals surface area (Å²) in [7, 11) is 0. The van der Waals surface area contributed by atoms with Gasteiger partial charge in [0.2, 0.25) is 5.95 Å². The molecule has 2 N–H and O–H groups in total. The van der Waals surface area contributed by atoms with Gasteiger partial charge in [-0.15, -0.1) is 11.3 Å². The Labute approximate surface area is 146 Å². The van der Waals surface area contributed by atoms with Gasteiger partial charge in [0, 0.05) is 28.5 Å². The van der Waals surface area contributed by atoms with E-state index in [9.17, 15) is 4.39 Å². The number of anilines is 1. The molecule has 4 rings (SSSR count). The van der Waals surface area contributed by atoms with Crippen molar-refractivity contribution in [3.63, 3.8) is 0 Å². The molecule has 24 heavy (non-hydrogen) atoms. The Balaban J connectivity index is 1.75. The minimum absolute atomic E-state index is 0.230. The van der Waals surface area contributed by atoms with E-state index in [1.54, 1.807) is 0 Å². The van der Waals surface area contributed by atoms with Gasteiger partial charge >= 0.3 is 0 Å². The summed E-state index contributed by atoms with van der Waals surface area (Å²) >= 11 is 3.07. The first-order valence-electron chi connectivity index (χ1n) is 7.30. The topological polar surface area (TPSA) is 91.2 Å². The van der Waals surface area contributed by atoms with Gasteiger partial charge in [0.05, 0.1) is 24.5 Å². The van der Waals surface area contributed by atoms with Crippen molar-refractivity contribution in [3.05, 3.63) is 40.1 Å². The van der Waals surface area contributed by atoms with Gasteiger partial charge in [0.15, 0.2) is 11.0 Å². The van der Waals surface area contributed by atoms with Crippen LogP contribution in [0.1, 0.15) is 10.4 Å². The van der Waals surface area contributed by atoms with Crippen molar-refractivity contribution >= 4 is 34.2 Å². The Bertz CT molecular complexity index is 842. The number of aliphatic imine (C=N–C) groups is 1. The van der Waals surface area contributed by atoms with E-state index in [0.717, 1.165) is 17.2 Å². The number of amidine groups is 1. The highest BCUT2D eigenvalue weighted by Crippen LogP contribution is 2.47. The summed E-state index contributed by atoms with van der Waals surface area (Å²) in [5.74, 6) is 1.10. The molecule has 9 heteroatoms. The number of thiophene rings is 1. The third kappa shape index (κ3) is 2.42. The molecule has 2 aromatic heterocycles. The zero-order valence-corrected chi connectivity index (χ0v) is 14.1. The maximum atomic E-state index is 13.1. The molecule has 0 aromatic carbocycles. The molecule has 1 unspecified atom stereocenters. The Hall–Kier alpha value is -2.18. The van der Waals surface area contributed by atoms with Crippen LogP contribution in [0.4, 0.5) is 10.3 Å². The molecule has 1 fully saturated rings. The fraction of sp³-hybridized carbons (Fsp3) is 0.333. The fourth-order valence-corrected chi connectivity index (χ4v) is 5.24. The number of thioether (sulfide) groups is 1. The lowest BCUT2D eigenvalue weighted by Gasteiger charge is -2.33. The minimum Gasteiger partial charge on any atom is -0.379 e. The van der Waals surface area contributed by atoms with Crippen LogP contribution < -0.4 is 10.6 Å². The molecular formula is C15H13FN6S2. The lowest BCUT2D eigenvalue weighted by molar-refractivity contribution is 0.395. The van der Waals surface area contributed by atoms with E-state index in [-0.39, 0.29) is 5.92 Å². The van der Waals surface area contributed by atoms with Crippen LogP contribution in [0.3, 0.4) is 0 Å². The molecular weight excluding hydrogens is 347 g/mol. The molecule has 0 amide bonds. The maximum Gasteiger partial charge on any atom is 0.225 e. The van der Waals surface area contributed by atoms with E-state index in [1.165, 1.54) is 35.5 Å². The number of nitrogens with zero attached hydrogens (tertiary/aromatic N) is 5. The average Bonchev–Trinajstić information content (AvgIpc) is 3.20. The van der Waals surface area contributed by atoms with Crippen LogP contribution in [0.5, 0.6) is 0 Å². The van der Waals surface area contributed by atoms with Gasteiger partial charge in [0.1, 0.15) is 11.6 Å².